The molecule has 1 N–H and O–H groups in total. The van der Waals surface area contributed by atoms with Crippen LogP contribution in [0.3, 0.4) is 0 Å². The monoisotopic (exact) mass is 313 g/mol. The van der Waals surface area contributed by atoms with Gasteiger partial charge in [0.25, 0.3) is 5.56 Å². The number of hydrogen-bond donors (Lipinski definition) is 1. The summed E-state index contributed by atoms with van der Waals surface area (Å²) in [6, 6.07) is 9.49. The summed E-state index contributed by atoms with van der Waals surface area (Å²) in [5.41, 5.74) is 3.06. The van der Waals surface area contributed by atoms with Crippen LogP contribution in [0.2, 0.25) is 0 Å². The zero-order valence-electron chi connectivity index (χ0n) is 12.8. The van der Waals surface area contributed by atoms with Gasteiger partial charge in [0, 0.05) is 17.7 Å². The first-order valence-electron chi connectivity index (χ1n) is 7.35. The van der Waals surface area contributed by atoms with Crippen LogP contribution >= 0.6 is 11.8 Å². The Hall–Kier alpha value is -2.06. The molecule has 0 aliphatic rings. The van der Waals surface area contributed by atoms with E-state index in [0.29, 0.717) is 22.7 Å². The van der Waals surface area contributed by atoms with Gasteiger partial charge >= 0.3 is 0 Å². The third kappa shape index (κ3) is 4.22. The molecule has 0 spiro atoms. The van der Waals surface area contributed by atoms with Gasteiger partial charge in [0.1, 0.15) is 0 Å². The Morgan fingerprint density at radius 3 is 2.68 bits per heavy atom. The number of nitrogens with one attached hydrogen (secondary N) is 1. The summed E-state index contributed by atoms with van der Waals surface area (Å²) in [7, 11) is 0. The van der Waals surface area contributed by atoms with Crippen LogP contribution in [0.25, 0.3) is 0 Å². The van der Waals surface area contributed by atoms with Gasteiger partial charge in [0.15, 0.2) is 5.16 Å². The number of unbranched alkanes of at least 4 members (excludes halogenated alkanes) is 1. The summed E-state index contributed by atoms with van der Waals surface area (Å²) >= 11 is 1.59. The van der Waals surface area contributed by atoms with Crippen molar-refractivity contribution in [2.24, 2.45) is 0 Å². The molecule has 0 unspecified atom stereocenters. The van der Waals surface area contributed by atoms with E-state index in [4.69, 9.17) is 5.26 Å². The van der Waals surface area contributed by atoms with Crippen LogP contribution in [0.15, 0.2) is 34.2 Å². The fourth-order valence-corrected chi connectivity index (χ4v) is 2.97. The van der Waals surface area contributed by atoms with Gasteiger partial charge < -0.3 is 4.98 Å². The molecule has 0 saturated heterocycles. The number of benzene rings is 1. The predicted octanol–water partition coefficient (Wildman–Crippen LogP) is 3.43. The highest BCUT2D eigenvalue weighted by Gasteiger charge is 2.09. The maximum atomic E-state index is 12.0. The molecule has 0 bridgehead atoms. The second-order valence-electron chi connectivity index (χ2n) is 5.13. The molecule has 4 nitrogen and oxygen atoms in total. The average Bonchev–Trinajstić information content (AvgIpc) is 2.53. The minimum absolute atomic E-state index is 0.0716. The van der Waals surface area contributed by atoms with Crippen LogP contribution in [-0.4, -0.2) is 15.7 Å². The number of hydrogen-bond acceptors (Lipinski definition) is 4. The number of nitriles is 1. The molecule has 0 atom stereocenters. The van der Waals surface area contributed by atoms with Gasteiger partial charge in [0.2, 0.25) is 0 Å². The van der Waals surface area contributed by atoms with Crippen molar-refractivity contribution in [2.45, 2.75) is 38.3 Å². The predicted molar refractivity (Wildman–Crippen MR) is 89.2 cm³/mol. The number of aromatic nitrogens is 2. The third-order valence-corrected chi connectivity index (χ3v) is 4.38. The summed E-state index contributed by atoms with van der Waals surface area (Å²) in [4.78, 5) is 19.4. The largest absolute Gasteiger partial charge is 0.301 e. The van der Waals surface area contributed by atoms with Crippen molar-refractivity contribution in [3.8, 4) is 6.07 Å². The van der Waals surface area contributed by atoms with E-state index >= 15 is 0 Å². The maximum absolute atomic E-state index is 12.0. The van der Waals surface area contributed by atoms with Gasteiger partial charge in [-0.3, -0.25) is 4.79 Å². The summed E-state index contributed by atoms with van der Waals surface area (Å²) < 4.78 is 0. The van der Waals surface area contributed by atoms with E-state index in [1.165, 1.54) is 0 Å². The Morgan fingerprint density at radius 1 is 1.32 bits per heavy atom. The molecule has 2 rings (SSSR count). The van der Waals surface area contributed by atoms with Gasteiger partial charge in [-0.15, -0.1) is 0 Å². The van der Waals surface area contributed by atoms with Crippen LogP contribution in [0, 0.1) is 18.3 Å². The van der Waals surface area contributed by atoms with E-state index < -0.39 is 0 Å². The lowest BCUT2D eigenvalue weighted by Crippen LogP contribution is -2.16. The Morgan fingerprint density at radius 2 is 2.05 bits per heavy atom. The van der Waals surface area contributed by atoms with Gasteiger partial charge in [-0.05, 0) is 31.0 Å². The Kier molecular flexibility index (Phi) is 5.79. The summed E-state index contributed by atoms with van der Waals surface area (Å²) in [6.07, 6.45) is 2.83. The number of aromatic amines is 1. The van der Waals surface area contributed by atoms with Gasteiger partial charge in [-0.2, -0.15) is 5.26 Å². The van der Waals surface area contributed by atoms with E-state index in [-0.39, 0.29) is 5.56 Å². The maximum Gasteiger partial charge on any atom is 0.254 e. The summed E-state index contributed by atoms with van der Waals surface area (Å²) in [5.74, 6) is 0.957. The van der Waals surface area contributed by atoms with E-state index in [9.17, 15) is 4.79 Å². The molecule has 22 heavy (non-hydrogen) atoms. The first-order chi connectivity index (χ1) is 10.6. The van der Waals surface area contributed by atoms with Crippen molar-refractivity contribution in [1.29, 1.82) is 5.26 Å². The summed E-state index contributed by atoms with van der Waals surface area (Å²) in [5, 5.41) is 9.51. The van der Waals surface area contributed by atoms with Crippen LogP contribution in [0.5, 0.6) is 0 Å². The van der Waals surface area contributed by atoms with Crippen LogP contribution in [-0.2, 0) is 6.42 Å². The Balaban J connectivity index is 2.21. The number of nitrogens with zero attached hydrogens (tertiary/aromatic N) is 2. The molecule has 1 aromatic carbocycles. The molecule has 114 valence electrons. The highest BCUT2D eigenvalue weighted by molar-refractivity contribution is 7.99. The number of H-pyrrole nitrogens is 1. The minimum atomic E-state index is -0.0716. The molecular formula is C17H19N3OS. The fraction of sp³-hybridized carbons (Fsp3) is 0.353. The van der Waals surface area contributed by atoms with Crippen molar-refractivity contribution in [2.75, 3.05) is 5.75 Å². The van der Waals surface area contributed by atoms with Crippen molar-refractivity contribution >= 4 is 11.8 Å². The lowest BCUT2D eigenvalue weighted by atomic mass is 10.1. The lowest BCUT2D eigenvalue weighted by molar-refractivity contribution is 0.849. The van der Waals surface area contributed by atoms with E-state index in [1.807, 2.05) is 12.1 Å². The zero-order valence-corrected chi connectivity index (χ0v) is 13.7. The normalized spacial score (nSPS) is 10.4. The molecule has 5 heteroatoms. The molecule has 1 heterocycles. The molecule has 1 aromatic heterocycles. The Bertz CT molecular complexity index is 729. The van der Waals surface area contributed by atoms with E-state index in [2.05, 4.69) is 23.0 Å². The smallest absolute Gasteiger partial charge is 0.254 e. The molecule has 0 aliphatic carbocycles. The second-order valence-corrected chi connectivity index (χ2v) is 6.21. The lowest BCUT2D eigenvalue weighted by Gasteiger charge is -2.07. The average molecular weight is 313 g/mol. The molecule has 0 radical (unpaired) electrons. The second kappa shape index (κ2) is 7.81. The van der Waals surface area contributed by atoms with Crippen molar-refractivity contribution in [3.63, 3.8) is 0 Å². The zero-order chi connectivity index (χ0) is 15.9. The molecular weight excluding hydrogens is 294 g/mol. The van der Waals surface area contributed by atoms with Crippen molar-refractivity contribution < 1.29 is 0 Å². The van der Waals surface area contributed by atoms with Crippen LogP contribution < -0.4 is 5.56 Å². The van der Waals surface area contributed by atoms with Crippen LogP contribution in [0.1, 0.15) is 42.1 Å². The molecule has 0 aliphatic heterocycles. The van der Waals surface area contributed by atoms with Crippen molar-refractivity contribution in [3.05, 3.63) is 57.0 Å². The van der Waals surface area contributed by atoms with E-state index in [0.717, 1.165) is 29.9 Å². The minimum Gasteiger partial charge on any atom is -0.301 e. The fourth-order valence-electron chi connectivity index (χ4n) is 2.00. The van der Waals surface area contributed by atoms with Crippen molar-refractivity contribution in [1.82, 2.24) is 9.97 Å². The topological polar surface area (TPSA) is 69.5 Å². The molecule has 0 fully saturated rings. The third-order valence-electron chi connectivity index (χ3n) is 3.42. The van der Waals surface area contributed by atoms with Gasteiger partial charge in [-0.1, -0.05) is 37.2 Å². The SMILES string of the molecule is CCCCSc1nc(Cc2ccc(C#N)cc2)c(C)c(=O)[nH]1. The van der Waals surface area contributed by atoms with Gasteiger partial charge in [-0.25, -0.2) is 4.98 Å². The number of thioether (sulfide) groups is 1. The quantitative estimate of drug-likeness (QED) is 0.504. The molecule has 2 aromatic rings. The van der Waals surface area contributed by atoms with Crippen LogP contribution in [0.4, 0.5) is 0 Å². The highest BCUT2D eigenvalue weighted by Crippen LogP contribution is 2.16. The Labute approximate surface area is 134 Å². The summed E-state index contributed by atoms with van der Waals surface area (Å²) in [6.45, 7) is 3.94. The highest BCUT2D eigenvalue weighted by atomic mass is 32.2. The first kappa shape index (κ1) is 16.3. The first-order valence-corrected chi connectivity index (χ1v) is 8.34. The standard InChI is InChI=1S/C17H19N3OS/c1-3-4-9-22-17-19-15(12(2)16(21)20-17)10-13-5-7-14(11-18)8-6-13/h5-8H,3-4,9-10H2,1-2H3,(H,19,20,21). The molecule has 0 saturated carbocycles. The number of rotatable bonds is 6. The van der Waals surface area contributed by atoms with Gasteiger partial charge in [0.05, 0.1) is 17.3 Å². The van der Waals surface area contributed by atoms with E-state index in [1.54, 1.807) is 30.8 Å². The molecule has 0 amide bonds.